The maximum Gasteiger partial charge on any atom is 0.0568 e. The van der Waals surface area contributed by atoms with Crippen LogP contribution in [0.25, 0.3) is 0 Å². The Morgan fingerprint density at radius 1 is 1.25 bits per heavy atom. The van der Waals surface area contributed by atoms with E-state index in [0.717, 1.165) is 13.0 Å². The zero-order chi connectivity index (χ0) is 14.2. The van der Waals surface area contributed by atoms with Crippen molar-refractivity contribution in [3.05, 3.63) is 35.9 Å². The van der Waals surface area contributed by atoms with E-state index in [1.54, 1.807) is 0 Å². The van der Waals surface area contributed by atoms with Gasteiger partial charge in [0.25, 0.3) is 0 Å². The number of aliphatic hydroxyl groups is 1. The van der Waals surface area contributed by atoms with Gasteiger partial charge < -0.3 is 5.11 Å². The standard InChI is InChI=1S/C18H27NO/c1-14-16-9-11-19(12-15-6-4-3-5-7-15)13-18(16,2)10-8-17(14)20/h3-7,14,16-17,20H,8-13H2,1-2H3/t14-,16+,17-,18+/m1/s1. The van der Waals surface area contributed by atoms with Crippen LogP contribution in [0.5, 0.6) is 0 Å². The van der Waals surface area contributed by atoms with Crippen molar-refractivity contribution in [2.24, 2.45) is 17.3 Å². The third-order valence-electron chi connectivity index (χ3n) is 5.74. The minimum atomic E-state index is -0.0752. The van der Waals surface area contributed by atoms with Crippen LogP contribution in [0.1, 0.15) is 38.7 Å². The molecule has 20 heavy (non-hydrogen) atoms. The van der Waals surface area contributed by atoms with Crippen LogP contribution in [0.3, 0.4) is 0 Å². The van der Waals surface area contributed by atoms with Crippen molar-refractivity contribution in [2.45, 2.75) is 45.8 Å². The van der Waals surface area contributed by atoms with Crippen molar-refractivity contribution in [3.63, 3.8) is 0 Å². The molecule has 2 heteroatoms. The van der Waals surface area contributed by atoms with Gasteiger partial charge >= 0.3 is 0 Å². The summed E-state index contributed by atoms with van der Waals surface area (Å²) < 4.78 is 0. The molecule has 1 N–H and O–H groups in total. The van der Waals surface area contributed by atoms with Gasteiger partial charge in [-0.3, -0.25) is 4.90 Å². The second-order valence-electron chi connectivity index (χ2n) is 7.21. The van der Waals surface area contributed by atoms with Gasteiger partial charge in [0.1, 0.15) is 0 Å². The van der Waals surface area contributed by atoms with Crippen LogP contribution in [0.4, 0.5) is 0 Å². The van der Waals surface area contributed by atoms with Crippen molar-refractivity contribution in [1.29, 1.82) is 0 Å². The Kier molecular flexibility index (Phi) is 3.87. The highest BCUT2D eigenvalue weighted by Crippen LogP contribution is 2.48. The number of fused-ring (bicyclic) bond motifs is 1. The lowest BCUT2D eigenvalue weighted by Crippen LogP contribution is -2.53. The summed E-state index contributed by atoms with van der Waals surface area (Å²) in [5, 5.41) is 10.1. The zero-order valence-electron chi connectivity index (χ0n) is 12.8. The average Bonchev–Trinajstić information content (AvgIpc) is 2.44. The summed E-state index contributed by atoms with van der Waals surface area (Å²) in [4.78, 5) is 2.61. The number of aliphatic hydroxyl groups excluding tert-OH is 1. The Hall–Kier alpha value is -0.860. The predicted molar refractivity (Wildman–Crippen MR) is 82.3 cm³/mol. The van der Waals surface area contributed by atoms with Crippen LogP contribution < -0.4 is 0 Å². The van der Waals surface area contributed by atoms with E-state index in [0.29, 0.717) is 17.3 Å². The minimum Gasteiger partial charge on any atom is -0.393 e. The van der Waals surface area contributed by atoms with Gasteiger partial charge in [-0.25, -0.2) is 0 Å². The first-order valence-electron chi connectivity index (χ1n) is 8.03. The van der Waals surface area contributed by atoms with E-state index in [1.165, 1.54) is 31.5 Å². The van der Waals surface area contributed by atoms with Gasteiger partial charge in [-0.1, -0.05) is 44.2 Å². The minimum absolute atomic E-state index is 0.0752. The summed E-state index contributed by atoms with van der Waals surface area (Å²) in [5.41, 5.74) is 1.81. The van der Waals surface area contributed by atoms with Gasteiger partial charge in [0, 0.05) is 13.1 Å². The molecular weight excluding hydrogens is 246 g/mol. The highest BCUT2D eigenvalue weighted by atomic mass is 16.3. The molecule has 1 aliphatic carbocycles. The van der Waals surface area contributed by atoms with Crippen LogP contribution in [-0.4, -0.2) is 29.2 Å². The number of likely N-dealkylation sites (tertiary alicyclic amines) is 1. The third kappa shape index (κ3) is 2.64. The van der Waals surface area contributed by atoms with E-state index < -0.39 is 0 Å². The normalized spacial score (nSPS) is 38.5. The van der Waals surface area contributed by atoms with Crippen molar-refractivity contribution < 1.29 is 5.11 Å². The molecule has 2 aliphatic rings. The molecule has 0 radical (unpaired) electrons. The number of rotatable bonds is 2. The molecule has 1 aromatic rings. The summed E-state index contributed by atoms with van der Waals surface area (Å²) in [6.45, 7) is 8.12. The van der Waals surface area contributed by atoms with Gasteiger partial charge in [-0.05, 0) is 48.6 Å². The maximum absolute atomic E-state index is 10.1. The van der Waals surface area contributed by atoms with Crippen LogP contribution in [0.15, 0.2) is 30.3 Å². The lowest BCUT2D eigenvalue weighted by molar-refractivity contribution is -0.0784. The number of hydrogen-bond acceptors (Lipinski definition) is 2. The first-order valence-corrected chi connectivity index (χ1v) is 8.03. The first kappa shape index (κ1) is 14.1. The number of benzene rings is 1. The lowest BCUT2D eigenvalue weighted by Gasteiger charge is -2.53. The van der Waals surface area contributed by atoms with Crippen LogP contribution in [-0.2, 0) is 6.54 Å². The topological polar surface area (TPSA) is 23.5 Å². The molecule has 0 amide bonds. The summed E-state index contributed by atoms with van der Waals surface area (Å²) in [6.07, 6.45) is 3.32. The van der Waals surface area contributed by atoms with Gasteiger partial charge in [0.15, 0.2) is 0 Å². The van der Waals surface area contributed by atoms with E-state index in [9.17, 15) is 5.11 Å². The first-order chi connectivity index (χ1) is 9.58. The molecular formula is C18H27NO. The molecule has 0 unspecified atom stereocenters. The maximum atomic E-state index is 10.1. The average molecular weight is 273 g/mol. The van der Waals surface area contributed by atoms with E-state index in [1.807, 2.05) is 0 Å². The van der Waals surface area contributed by atoms with E-state index in [4.69, 9.17) is 0 Å². The molecule has 2 nitrogen and oxygen atoms in total. The molecule has 0 aromatic heterocycles. The highest BCUT2D eigenvalue weighted by Gasteiger charge is 2.46. The van der Waals surface area contributed by atoms with E-state index >= 15 is 0 Å². The fourth-order valence-electron chi connectivity index (χ4n) is 4.52. The number of hydrogen-bond donors (Lipinski definition) is 1. The molecule has 0 bridgehead atoms. The van der Waals surface area contributed by atoms with Crippen molar-refractivity contribution in [1.82, 2.24) is 4.90 Å². The van der Waals surface area contributed by atoms with Gasteiger partial charge in [-0.2, -0.15) is 0 Å². The van der Waals surface area contributed by atoms with Gasteiger partial charge in [-0.15, -0.1) is 0 Å². The van der Waals surface area contributed by atoms with E-state index in [-0.39, 0.29) is 6.10 Å². The molecule has 1 saturated heterocycles. The Balaban J connectivity index is 1.68. The summed E-state index contributed by atoms with van der Waals surface area (Å²) in [6, 6.07) is 10.8. The van der Waals surface area contributed by atoms with E-state index in [2.05, 4.69) is 49.1 Å². The monoisotopic (exact) mass is 273 g/mol. The summed E-state index contributed by atoms with van der Waals surface area (Å²) in [5.74, 6) is 1.16. The largest absolute Gasteiger partial charge is 0.393 e. The van der Waals surface area contributed by atoms with Crippen LogP contribution in [0.2, 0.25) is 0 Å². The van der Waals surface area contributed by atoms with Crippen molar-refractivity contribution in [3.8, 4) is 0 Å². The van der Waals surface area contributed by atoms with Gasteiger partial charge in [0.2, 0.25) is 0 Å². The molecule has 1 aliphatic heterocycles. The smallest absolute Gasteiger partial charge is 0.0568 e. The highest BCUT2D eigenvalue weighted by molar-refractivity contribution is 5.14. The Morgan fingerprint density at radius 2 is 2.00 bits per heavy atom. The molecule has 4 atom stereocenters. The number of piperidine rings is 1. The molecule has 3 rings (SSSR count). The second kappa shape index (κ2) is 5.50. The fourth-order valence-corrected chi connectivity index (χ4v) is 4.52. The van der Waals surface area contributed by atoms with Crippen molar-refractivity contribution in [2.75, 3.05) is 13.1 Å². The summed E-state index contributed by atoms with van der Waals surface area (Å²) in [7, 11) is 0. The SMILES string of the molecule is C[C@H]1[C@H](O)CC[C@@]2(C)CN(Cc3ccccc3)CC[C@@H]12. The molecule has 1 heterocycles. The second-order valence-corrected chi connectivity index (χ2v) is 7.21. The number of nitrogens with zero attached hydrogens (tertiary/aromatic N) is 1. The third-order valence-corrected chi connectivity index (χ3v) is 5.74. The van der Waals surface area contributed by atoms with Crippen LogP contribution in [0, 0.1) is 17.3 Å². The predicted octanol–water partition coefficient (Wildman–Crippen LogP) is 3.31. The molecule has 0 spiro atoms. The molecule has 110 valence electrons. The van der Waals surface area contributed by atoms with Crippen LogP contribution >= 0.6 is 0 Å². The lowest BCUT2D eigenvalue weighted by atomic mass is 9.59. The summed E-state index contributed by atoms with van der Waals surface area (Å²) >= 11 is 0. The molecule has 2 fully saturated rings. The Morgan fingerprint density at radius 3 is 2.75 bits per heavy atom. The zero-order valence-corrected chi connectivity index (χ0v) is 12.8. The molecule has 1 saturated carbocycles. The Labute approximate surface area is 122 Å². The Bertz CT molecular complexity index is 446. The fraction of sp³-hybridized carbons (Fsp3) is 0.667. The van der Waals surface area contributed by atoms with Gasteiger partial charge in [0.05, 0.1) is 6.10 Å². The quantitative estimate of drug-likeness (QED) is 0.893. The van der Waals surface area contributed by atoms with Crippen molar-refractivity contribution >= 4 is 0 Å². The molecule has 1 aromatic carbocycles.